The fourth-order valence-corrected chi connectivity index (χ4v) is 2.58. The van der Waals surface area contributed by atoms with Gasteiger partial charge in [0.25, 0.3) is 0 Å². The molecule has 0 bridgehead atoms. The van der Waals surface area contributed by atoms with E-state index in [0.29, 0.717) is 5.41 Å². The SMILES string of the molecule is CNCC1(CN(C)Cc2ccc(C)cc2)CC1. The lowest BCUT2D eigenvalue weighted by Gasteiger charge is -2.23. The van der Waals surface area contributed by atoms with Crippen LogP contribution in [0.15, 0.2) is 24.3 Å². The molecule has 1 aromatic rings. The predicted molar refractivity (Wildman–Crippen MR) is 73.1 cm³/mol. The minimum absolute atomic E-state index is 0.564. The third-order valence-corrected chi connectivity index (χ3v) is 3.69. The molecule has 1 aliphatic carbocycles. The van der Waals surface area contributed by atoms with Crippen molar-refractivity contribution in [3.63, 3.8) is 0 Å². The van der Waals surface area contributed by atoms with Crippen LogP contribution in [-0.2, 0) is 6.54 Å². The van der Waals surface area contributed by atoms with Gasteiger partial charge in [-0.3, -0.25) is 0 Å². The van der Waals surface area contributed by atoms with Crippen molar-refractivity contribution in [2.24, 2.45) is 5.41 Å². The molecule has 0 heterocycles. The first-order chi connectivity index (χ1) is 8.13. The summed E-state index contributed by atoms with van der Waals surface area (Å²) in [6, 6.07) is 8.88. The highest BCUT2D eigenvalue weighted by molar-refractivity contribution is 5.21. The molecule has 2 rings (SSSR count). The Morgan fingerprint density at radius 2 is 1.88 bits per heavy atom. The van der Waals surface area contributed by atoms with E-state index in [1.54, 1.807) is 0 Å². The topological polar surface area (TPSA) is 15.3 Å². The molecule has 1 N–H and O–H groups in total. The lowest BCUT2D eigenvalue weighted by atomic mass is 10.1. The fraction of sp³-hybridized carbons (Fsp3) is 0.600. The summed E-state index contributed by atoms with van der Waals surface area (Å²) >= 11 is 0. The highest BCUT2D eigenvalue weighted by Gasteiger charge is 2.42. The van der Waals surface area contributed by atoms with Crippen LogP contribution in [0.5, 0.6) is 0 Å². The Hall–Kier alpha value is -0.860. The summed E-state index contributed by atoms with van der Waals surface area (Å²) in [6.45, 7) is 5.57. The molecule has 0 aliphatic heterocycles. The van der Waals surface area contributed by atoms with E-state index in [0.717, 1.165) is 13.1 Å². The summed E-state index contributed by atoms with van der Waals surface area (Å²) in [5.74, 6) is 0. The van der Waals surface area contributed by atoms with Crippen LogP contribution in [0.3, 0.4) is 0 Å². The summed E-state index contributed by atoms with van der Waals surface area (Å²) in [7, 11) is 4.29. The monoisotopic (exact) mass is 232 g/mol. The van der Waals surface area contributed by atoms with Gasteiger partial charge < -0.3 is 10.2 Å². The van der Waals surface area contributed by atoms with Gasteiger partial charge in [0.05, 0.1) is 0 Å². The molecule has 2 nitrogen and oxygen atoms in total. The summed E-state index contributed by atoms with van der Waals surface area (Å²) in [5, 5.41) is 3.32. The first-order valence-corrected chi connectivity index (χ1v) is 6.52. The molecule has 94 valence electrons. The molecule has 1 aliphatic rings. The Morgan fingerprint density at radius 1 is 1.24 bits per heavy atom. The van der Waals surface area contributed by atoms with Crippen LogP contribution in [0.25, 0.3) is 0 Å². The summed E-state index contributed by atoms with van der Waals surface area (Å²) < 4.78 is 0. The van der Waals surface area contributed by atoms with E-state index in [-0.39, 0.29) is 0 Å². The zero-order chi connectivity index (χ0) is 12.3. The molecule has 1 saturated carbocycles. The quantitative estimate of drug-likeness (QED) is 0.810. The minimum atomic E-state index is 0.564. The van der Waals surface area contributed by atoms with Gasteiger partial charge in [0.15, 0.2) is 0 Å². The van der Waals surface area contributed by atoms with Crippen molar-refractivity contribution in [3.05, 3.63) is 35.4 Å². The second kappa shape index (κ2) is 5.19. The number of nitrogens with zero attached hydrogens (tertiary/aromatic N) is 1. The van der Waals surface area contributed by atoms with Gasteiger partial charge in [-0.15, -0.1) is 0 Å². The van der Waals surface area contributed by atoms with Crippen molar-refractivity contribution in [2.75, 3.05) is 27.2 Å². The smallest absolute Gasteiger partial charge is 0.0230 e. The van der Waals surface area contributed by atoms with E-state index in [2.05, 4.69) is 55.5 Å². The number of hydrogen-bond acceptors (Lipinski definition) is 2. The van der Waals surface area contributed by atoms with E-state index < -0.39 is 0 Å². The molecule has 0 radical (unpaired) electrons. The molecule has 0 saturated heterocycles. The van der Waals surface area contributed by atoms with Crippen LogP contribution in [-0.4, -0.2) is 32.1 Å². The number of nitrogens with one attached hydrogen (secondary N) is 1. The van der Waals surface area contributed by atoms with E-state index >= 15 is 0 Å². The van der Waals surface area contributed by atoms with Gasteiger partial charge in [-0.2, -0.15) is 0 Å². The maximum Gasteiger partial charge on any atom is 0.0230 e. The van der Waals surface area contributed by atoms with E-state index in [4.69, 9.17) is 0 Å². The molecule has 2 heteroatoms. The zero-order valence-electron chi connectivity index (χ0n) is 11.3. The lowest BCUT2D eigenvalue weighted by Crippen LogP contribution is -2.32. The number of rotatable bonds is 6. The Labute approximate surface area is 105 Å². The van der Waals surface area contributed by atoms with Gasteiger partial charge in [-0.1, -0.05) is 29.8 Å². The van der Waals surface area contributed by atoms with E-state index in [9.17, 15) is 0 Å². The maximum atomic E-state index is 3.32. The molecular formula is C15H24N2. The van der Waals surface area contributed by atoms with Crippen molar-refractivity contribution in [1.82, 2.24) is 10.2 Å². The average Bonchev–Trinajstić information content (AvgIpc) is 3.02. The molecule has 0 unspecified atom stereocenters. The number of hydrogen-bond donors (Lipinski definition) is 1. The Kier molecular flexibility index (Phi) is 3.85. The predicted octanol–water partition coefficient (Wildman–Crippen LogP) is 2.43. The van der Waals surface area contributed by atoms with Gasteiger partial charge in [0.2, 0.25) is 0 Å². The highest BCUT2D eigenvalue weighted by atomic mass is 15.1. The maximum absolute atomic E-state index is 3.32. The molecule has 17 heavy (non-hydrogen) atoms. The first-order valence-electron chi connectivity index (χ1n) is 6.52. The van der Waals surface area contributed by atoms with Crippen molar-refractivity contribution >= 4 is 0 Å². The lowest BCUT2D eigenvalue weighted by molar-refractivity contribution is 0.252. The first kappa shape index (κ1) is 12.6. The third-order valence-electron chi connectivity index (χ3n) is 3.69. The molecule has 1 fully saturated rings. The van der Waals surface area contributed by atoms with Crippen molar-refractivity contribution in [1.29, 1.82) is 0 Å². The van der Waals surface area contributed by atoms with Crippen LogP contribution in [0, 0.1) is 12.3 Å². The zero-order valence-corrected chi connectivity index (χ0v) is 11.3. The van der Waals surface area contributed by atoms with Crippen LogP contribution in [0.2, 0.25) is 0 Å². The highest BCUT2D eigenvalue weighted by Crippen LogP contribution is 2.45. The van der Waals surface area contributed by atoms with Crippen LogP contribution < -0.4 is 5.32 Å². The third kappa shape index (κ3) is 3.55. The second-order valence-corrected chi connectivity index (χ2v) is 5.69. The minimum Gasteiger partial charge on any atom is -0.319 e. The van der Waals surface area contributed by atoms with Gasteiger partial charge in [-0.05, 0) is 44.8 Å². The van der Waals surface area contributed by atoms with Crippen molar-refractivity contribution in [3.8, 4) is 0 Å². The van der Waals surface area contributed by atoms with E-state index in [1.807, 2.05) is 0 Å². The van der Waals surface area contributed by atoms with Gasteiger partial charge >= 0.3 is 0 Å². The molecule has 0 amide bonds. The standard InChI is InChI=1S/C15H24N2/c1-13-4-6-14(7-5-13)10-17(3)12-15(8-9-15)11-16-2/h4-7,16H,8-12H2,1-3H3. The molecule has 0 spiro atoms. The molecule has 0 aromatic heterocycles. The van der Waals surface area contributed by atoms with Crippen molar-refractivity contribution < 1.29 is 0 Å². The molecule has 0 atom stereocenters. The fourth-order valence-electron chi connectivity index (χ4n) is 2.58. The average molecular weight is 232 g/mol. The van der Waals surface area contributed by atoms with Gasteiger partial charge in [0, 0.05) is 19.6 Å². The summed E-state index contributed by atoms with van der Waals surface area (Å²) in [4.78, 5) is 2.45. The second-order valence-electron chi connectivity index (χ2n) is 5.69. The number of aryl methyl sites for hydroxylation is 1. The van der Waals surface area contributed by atoms with Gasteiger partial charge in [-0.25, -0.2) is 0 Å². The van der Waals surface area contributed by atoms with Crippen LogP contribution >= 0.6 is 0 Å². The largest absolute Gasteiger partial charge is 0.319 e. The van der Waals surface area contributed by atoms with Crippen LogP contribution in [0.4, 0.5) is 0 Å². The van der Waals surface area contributed by atoms with Gasteiger partial charge in [0.1, 0.15) is 0 Å². The normalized spacial score (nSPS) is 17.4. The number of benzene rings is 1. The van der Waals surface area contributed by atoms with Crippen molar-refractivity contribution in [2.45, 2.75) is 26.3 Å². The Balaban J connectivity index is 1.85. The Bertz CT molecular complexity index is 352. The molecular weight excluding hydrogens is 208 g/mol. The van der Waals surface area contributed by atoms with Crippen LogP contribution in [0.1, 0.15) is 24.0 Å². The molecule has 1 aromatic carbocycles. The Morgan fingerprint density at radius 3 is 2.41 bits per heavy atom. The summed E-state index contributed by atoms with van der Waals surface area (Å²) in [6.07, 6.45) is 2.76. The van der Waals surface area contributed by atoms with E-state index in [1.165, 1.54) is 30.5 Å². The summed E-state index contributed by atoms with van der Waals surface area (Å²) in [5.41, 5.74) is 3.32.